The number of hydrogen-bond acceptors (Lipinski definition) is 7. The average Bonchev–Trinajstić information content (AvgIpc) is 3.39. The van der Waals surface area contributed by atoms with Gasteiger partial charge in [-0.25, -0.2) is 9.88 Å². The van der Waals surface area contributed by atoms with Crippen LogP contribution >= 0.6 is 23.1 Å². The Kier molecular flexibility index (Phi) is 5.76. The molecule has 3 amide bonds. The molecule has 0 spiro atoms. The molecule has 0 saturated carbocycles. The largest absolute Gasteiger partial charge is 0.370 e. The maximum atomic E-state index is 13.7. The van der Waals surface area contributed by atoms with Gasteiger partial charge in [-0.3, -0.25) is 14.4 Å². The number of imide groups is 1. The summed E-state index contributed by atoms with van der Waals surface area (Å²) in [7, 11) is 0. The number of carbonyl (C=O) groups excluding carboxylic acids is 3. The fourth-order valence-corrected chi connectivity index (χ4v) is 7.09. The van der Waals surface area contributed by atoms with Crippen LogP contribution in [0.3, 0.4) is 0 Å². The number of aryl methyl sites for hydroxylation is 1. The van der Waals surface area contributed by atoms with E-state index < -0.39 is 0 Å². The van der Waals surface area contributed by atoms with E-state index in [4.69, 9.17) is 0 Å². The molecule has 2 aromatic carbocycles. The Morgan fingerprint density at radius 1 is 1.06 bits per heavy atom. The first-order valence-corrected chi connectivity index (χ1v) is 14.0. The zero-order chi connectivity index (χ0) is 24.1. The Morgan fingerprint density at radius 2 is 1.89 bits per heavy atom. The molecule has 0 radical (unpaired) electrons. The normalized spacial score (nSPS) is 20.6. The SMILES string of the molecule is Cc1nc2cc(N3C(=O)c4cccc(N5CCC[C@H](C(=O)N6CCSCC6)C5)c4C3=O)ccc2s1. The van der Waals surface area contributed by atoms with Crippen LogP contribution in [0, 0.1) is 12.8 Å². The Morgan fingerprint density at radius 3 is 2.71 bits per heavy atom. The fourth-order valence-electron chi connectivity index (χ4n) is 5.38. The van der Waals surface area contributed by atoms with E-state index in [2.05, 4.69) is 9.88 Å². The molecule has 2 fully saturated rings. The molecule has 0 aliphatic carbocycles. The van der Waals surface area contributed by atoms with Crippen LogP contribution in [0.4, 0.5) is 11.4 Å². The van der Waals surface area contributed by atoms with Crippen molar-refractivity contribution in [3.05, 3.63) is 52.5 Å². The summed E-state index contributed by atoms with van der Waals surface area (Å²) in [6.07, 6.45) is 1.74. The minimum atomic E-state index is -0.312. The number of fused-ring (bicyclic) bond motifs is 2. The molecule has 6 rings (SSSR count). The zero-order valence-electron chi connectivity index (χ0n) is 19.5. The fraction of sp³-hybridized carbons (Fsp3) is 0.385. The first-order valence-electron chi connectivity index (χ1n) is 12.0. The summed E-state index contributed by atoms with van der Waals surface area (Å²) in [4.78, 5) is 50.1. The van der Waals surface area contributed by atoms with Crippen LogP contribution in [0.1, 0.15) is 38.6 Å². The molecule has 0 bridgehead atoms. The van der Waals surface area contributed by atoms with Crippen molar-refractivity contribution in [3.63, 3.8) is 0 Å². The van der Waals surface area contributed by atoms with Crippen molar-refractivity contribution in [2.45, 2.75) is 19.8 Å². The minimum absolute atomic E-state index is 0.0821. The lowest BCUT2D eigenvalue weighted by atomic mass is 9.94. The lowest BCUT2D eigenvalue weighted by Gasteiger charge is -2.37. The minimum Gasteiger partial charge on any atom is -0.370 e. The molecule has 3 aliphatic heterocycles. The van der Waals surface area contributed by atoms with Gasteiger partial charge in [-0.2, -0.15) is 11.8 Å². The van der Waals surface area contributed by atoms with Crippen LogP contribution in [0.5, 0.6) is 0 Å². The molecule has 2 saturated heterocycles. The van der Waals surface area contributed by atoms with E-state index in [0.29, 0.717) is 23.4 Å². The van der Waals surface area contributed by atoms with Crippen molar-refractivity contribution < 1.29 is 14.4 Å². The maximum absolute atomic E-state index is 13.7. The molecule has 7 nitrogen and oxygen atoms in total. The predicted molar refractivity (Wildman–Crippen MR) is 141 cm³/mol. The third kappa shape index (κ3) is 3.90. The highest BCUT2D eigenvalue weighted by Gasteiger charge is 2.40. The van der Waals surface area contributed by atoms with E-state index in [1.54, 1.807) is 17.4 Å². The predicted octanol–water partition coefficient (Wildman–Crippen LogP) is 4.20. The van der Waals surface area contributed by atoms with Crippen LogP contribution in [0.2, 0.25) is 0 Å². The molecule has 1 atom stereocenters. The molecule has 3 aliphatic rings. The van der Waals surface area contributed by atoms with Gasteiger partial charge in [0.15, 0.2) is 0 Å². The molecule has 180 valence electrons. The molecule has 9 heteroatoms. The molecule has 0 N–H and O–H groups in total. The van der Waals surface area contributed by atoms with Crippen molar-refractivity contribution in [2.75, 3.05) is 47.5 Å². The number of anilines is 2. The van der Waals surface area contributed by atoms with Gasteiger partial charge < -0.3 is 9.80 Å². The third-order valence-corrected chi connectivity index (χ3v) is 8.96. The molecule has 0 unspecified atom stereocenters. The Balaban J connectivity index is 1.29. The van der Waals surface area contributed by atoms with Gasteiger partial charge in [0, 0.05) is 37.7 Å². The van der Waals surface area contributed by atoms with Crippen LogP contribution in [-0.4, -0.2) is 65.3 Å². The van der Waals surface area contributed by atoms with E-state index >= 15 is 0 Å². The van der Waals surface area contributed by atoms with Crippen LogP contribution in [0.15, 0.2) is 36.4 Å². The summed E-state index contributed by atoms with van der Waals surface area (Å²) in [5, 5.41) is 0.944. The van der Waals surface area contributed by atoms with Gasteiger partial charge in [-0.15, -0.1) is 11.3 Å². The van der Waals surface area contributed by atoms with Crippen molar-refractivity contribution in [1.29, 1.82) is 0 Å². The molecule has 4 heterocycles. The second-order valence-corrected chi connectivity index (χ2v) is 11.7. The van der Waals surface area contributed by atoms with E-state index in [0.717, 1.165) is 64.9 Å². The Labute approximate surface area is 212 Å². The number of nitrogens with zero attached hydrogens (tertiary/aromatic N) is 4. The van der Waals surface area contributed by atoms with Crippen molar-refractivity contribution in [1.82, 2.24) is 9.88 Å². The van der Waals surface area contributed by atoms with Gasteiger partial charge in [0.1, 0.15) is 0 Å². The molecule has 1 aromatic heterocycles. The quantitative estimate of drug-likeness (QED) is 0.496. The highest BCUT2D eigenvalue weighted by atomic mass is 32.2. The number of thioether (sulfide) groups is 1. The lowest BCUT2D eigenvalue weighted by molar-refractivity contribution is -0.135. The Bertz CT molecular complexity index is 1350. The number of amides is 3. The Hall–Kier alpha value is -2.91. The van der Waals surface area contributed by atoms with E-state index in [1.165, 1.54) is 4.90 Å². The summed E-state index contributed by atoms with van der Waals surface area (Å²) in [5.74, 6) is 1.50. The van der Waals surface area contributed by atoms with E-state index in [9.17, 15) is 14.4 Å². The highest BCUT2D eigenvalue weighted by Crippen LogP contribution is 2.37. The second kappa shape index (κ2) is 8.95. The lowest BCUT2D eigenvalue weighted by Crippen LogP contribution is -2.47. The van der Waals surface area contributed by atoms with E-state index in [1.807, 2.05) is 53.9 Å². The number of rotatable bonds is 3. The number of carbonyl (C=O) groups is 3. The van der Waals surface area contributed by atoms with Gasteiger partial charge in [-0.05, 0) is 50.1 Å². The summed E-state index contributed by atoms with van der Waals surface area (Å²) < 4.78 is 1.03. The zero-order valence-corrected chi connectivity index (χ0v) is 21.2. The van der Waals surface area contributed by atoms with Crippen molar-refractivity contribution in [2.24, 2.45) is 5.92 Å². The number of thiazole rings is 1. The van der Waals surface area contributed by atoms with Crippen molar-refractivity contribution >= 4 is 62.4 Å². The van der Waals surface area contributed by atoms with Crippen LogP contribution in [-0.2, 0) is 4.79 Å². The van der Waals surface area contributed by atoms with Gasteiger partial charge in [0.2, 0.25) is 5.91 Å². The average molecular weight is 507 g/mol. The summed E-state index contributed by atoms with van der Waals surface area (Å²) in [6.45, 7) is 4.91. The summed E-state index contributed by atoms with van der Waals surface area (Å²) in [5.41, 5.74) is 2.93. The van der Waals surface area contributed by atoms with Gasteiger partial charge in [-0.1, -0.05) is 6.07 Å². The van der Waals surface area contributed by atoms with Gasteiger partial charge >= 0.3 is 0 Å². The molecule has 35 heavy (non-hydrogen) atoms. The van der Waals surface area contributed by atoms with Crippen LogP contribution < -0.4 is 9.80 Å². The van der Waals surface area contributed by atoms with Gasteiger partial charge in [0.25, 0.3) is 11.8 Å². The smallest absolute Gasteiger partial charge is 0.268 e. The highest BCUT2D eigenvalue weighted by molar-refractivity contribution is 7.99. The first-order chi connectivity index (χ1) is 17.0. The third-order valence-electron chi connectivity index (χ3n) is 7.06. The maximum Gasteiger partial charge on any atom is 0.268 e. The van der Waals surface area contributed by atoms with E-state index in [-0.39, 0.29) is 23.6 Å². The number of piperidine rings is 1. The number of aromatic nitrogens is 1. The summed E-state index contributed by atoms with van der Waals surface area (Å²) in [6, 6.07) is 11.0. The number of hydrogen-bond donors (Lipinski definition) is 0. The number of benzene rings is 2. The topological polar surface area (TPSA) is 73.8 Å². The molecule has 3 aromatic rings. The van der Waals surface area contributed by atoms with Gasteiger partial charge in [0.05, 0.1) is 43.6 Å². The molecular weight excluding hydrogens is 480 g/mol. The van der Waals surface area contributed by atoms with Crippen molar-refractivity contribution in [3.8, 4) is 0 Å². The van der Waals surface area contributed by atoms with Crippen LogP contribution in [0.25, 0.3) is 10.2 Å². The second-order valence-electron chi connectivity index (χ2n) is 9.25. The summed E-state index contributed by atoms with van der Waals surface area (Å²) >= 11 is 3.48. The standard InChI is InChI=1S/C26H26N4O3S2/c1-16-27-20-14-18(7-8-22(20)35-16)30-25(32)19-5-2-6-21(23(19)26(30)33)29-9-3-4-17(15-29)24(31)28-10-12-34-13-11-28/h2,5-8,14,17H,3-4,9-13,15H2,1H3/t17-/m0/s1. The first kappa shape index (κ1) is 22.5. The monoisotopic (exact) mass is 506 g/mol. The molecular formula is C26H26N4O3S2.